The Morgan fingerprint density at radius 3 is 2.68 bits per heavy atom. The number of anilines is 1. The number of benzene rings is 2. The number of hydrogen-bond acceptors (Lipinski definition) is 3. The molecular weight excluding hydrogens is 350 g/mol. The molecule has 1 atom stereocenters. The Bertz CT molecular complexity index is 1090. The first-order chi connectivity index (χ1) is 13.7. The van der Waals surface area contributed by atoms with Gasteiger partial charge in [0.2, 0.25) is 0 Å². The molecule has 0 saturated carbocycles. The molecule has 0 radical (unpaired) electrons. The van der Waals surface area contributed by atoms with E-state index in [2.05, 4.69) is 25.6 Å². The highest BCUT2D eigenvalue weighted by Crippen LogP contribution is 2.22. The summed E-state index contributed by atoms with van der Waals surface area (Å²) in [7, 11) is 0. The number of aromatic amines is 1. The molecule has 6 heteroatoms. The molecule has 0 aliphatic rings. The summed E-state index contributed by atoms with van der Waals surface area (Å²) in [5, 5.41) is 6.87. The maximum atomic E-state index is 12.6. The quantitative estimate of drug-likeness (QED) is 0.467. The minimum Gasteiger partial charge on any atom is -0.340 e. The van der Waals surface area contributed by atoms with Crippen LogP contribution in [0.3, 0.4) is 0 Å². The Balaban J connectivity index is 1.49. The lowest BCUT2D eigenvalue weighted by atomic mass is 10.2. The van der Waals surface area contributed by atoms with Crippen LogP contribution in [-0.2, 0) is 0 Å². The van der Waals surface area contributed by atoms with Crippen molar-refractivity contribution in [3.8, 4) is 11.3 Å². The van der Waals surface area contributed by atoms with Gasteiger partial charge >= 0.3 is 6.03 Å². The van der Waals surface area contributed by atoms with Crippen LogP contribution in [0.1, 0.15) is 25.2 Å². The van der Waals surface area contributed by atoms with E-state index in [1.165, 1.54) is 0 Å². The summed E-state index contributed by atoms with van der Waals surface area (Å²) in [6, 6.07) is 19.0. The van der Waals surface area contributed by atoms with E-state index in [0.717, 1.165) is 28.0 Å². The Morgan fingerprint density at radius 1 is 1.04 bits per heavy atom. The average Bonchev–Trinajstić information content (AvgIpc) is 3.23. The number of urea groups is 1. The van der Waals surface area contributed by atoms with Gasteiger partial charge in [-0.2, -0.15) is 0 Å². The first kappa shape index (κ1) is 17.7. The van der Waals surface area contributed by atoms with Gasteiger partial charge in [-0.25, -0.2) is 9.78 Å². The molecule has 2 aromatic carbocycles. The van der Waals surface area contributed by atoms with Crippen molar-refractivity contribution in [2.24, 2.45) is 0 Å². The molecule has 0 unspecified atom stereocenters. The van der Waals surface area contributed by atoms with Crippen molar-refractivity contribution in [3.63, 3.8) is 0 Å². The van der Waals surface area contributed by atoms with Crippen molar-refractivity contribution in [3.05, 3.63) is 78.9 Å². The fraction of sp³-hybridized carbons (Fsp3) is 0.136. The van der Waals surface area contributed by atoms with E-state index in [1.807, 2.05) is 67.6 Å². The molecule has 0 aliphatic carbocycles. The zero-order valence-corrected chi connectivity index (χ0v) is 15.5. The second kappa shape index (κ2) is 7.92. The smallest absolute Gasteiger partial charge is 0.319 e. The van der Waals surface area contributed by atoms with Crippen LogP contribution in [0.5, 0.6) is 0 Å². The van der Waals surface area contributed by atoms with Gasteiger partial charge in [0.1, 0.15) is 5.82 Å². The maximum Gasteiger partial charge on any atom is 0.319 e. The molecule has 0 spiro atoms. The summed E-state index contributed by atoms with van der Waals surface area (Å²) in [6.45, 7) is 2.01. The lowest BCUT2D eigenvalue weighted by Crippen LogP contribution is -2.33. The molecular formula is C22H21N5O. The summed E-state index contributed by atoms with van der Waals surface area (Å²) in [5.41, 5.74) is 3.42. The monoisotopic (exact) mass is 371 g/mol. The Kier molecular flexibility index (Phi) is 5.01. The number of aromatic nitrogens is 3. The first-order valence-corrected chi connectivity index (χ1v) is 9.26. The molecule has 2 aromatic heterocycles. The molecule has 4 aromatic rings. The molecule has 3 N–H and O–H groups in total. The number of nitrogens with one attached hydrogen (secondary N) is 3. The van der Waals surface area contributed by atoms with E-state index in [9.17, 15) is 4.79 Å². The van der Waals surface area contributed by atoms with Crippen LogP contribution in [0.15, 0.2) is 73.1 Å². The van der Waals surface area contributed by atoms with Crippen LogP contribution in [-0.4, -0.2) is 21.0 Å². The summed E-state index contributed by atoms with van der Waals surface area (Å²) in [4.78, 5) is 24.7. The summed E-state index contributed by atoms with van der Waals surface area (Å²) >= 11 is 0. The van der Waals surface area contributed by atoms with Crippen molar-refractivity contribution >= 4 is 22.6 Å². The molecule has 0 bridgehead atoms. The Hall–Kier alpha value is -3.67. The van der Waals surface area contributed by atoms with E-state index in [4.69, 9.17) is 0 Å². The second-order valence-electron chi connectivity index (χ2n) is 6.49. The van der Waals surface area contributed by atoms with Crippen molar-refractivity contribution < 1.29 is 4.79 Å². The summed E-state index contributed by atoms with van der Waals surface area (Å²) < 4.78 is 0. The lowest BCUT2D eigenvalue weighted by Gasteiger charge is -2.16. The number of imidazole rings is 1. The number of H-pyrrole nitrogens is 1. The van der Waals surface area contributed by atoms with E-state index in [1.54, 1.807) is 12.4 Å². The number of pyridine rings is 1. The summed E-state index contributed by atoms with van der Waals surface area (Å²) in [6.07, 6.45) is 4.22. The van der Waals surface area contributed by atoms with Crippen LogP contribution in [0.25, 0.3) is 22.2 Å². The van der Waals surface area contributed by atoms with Crippen LogP contribution >= 0.6 is 0 Å². The van der Waals surface area contributed by atoms with E-state index < -0.39 is 0 Å². The van der Waals surface area contributed by atoms with Gasteiger partial charge < -0.3 is 15.6 Å². The van der Waals surface area contributed by atoms with Gasteiger partial charge in [-0.15, -0.1) is 0 Å². The fourth-order valence-corrected chi connectivity index (χ4v) is 3.16. The Morgan fingerprint density at radius 2 is 1.86 bits per heavy atom. The van der Waals surface area contributed by atoms with Gasteiger partial charge in [0.15, 0.2) is 0 Å². The van der Waals surface area contributed by atoms with Gasteiger partial charge in [-0.3, -0.25) is 4.98 Å². The van der Waals surface area contributed by atoms with E-state index >= 15 is 0 Å². The lowest BCUT2D eigenvalue weighted by molar-refractivity contribution is 0.247. The van der Waals surface area contributed by atoms with Gasteiger partial charge in [0.25, 0.3) is 0 Å². The Labute approximate surface area is 163 Å². The fourth-order valence-electron chi connectivity index (χ4n) is 3.16. The SMILES string of the molecule is CC[C@H](NC(=O)Nc1cccc2cccnc12)c1ncc(-c2ccccc2)[nH]1. The molecule has 4 rings (SSSR count). The number of carbonyl (C=O) groups is 1. The van der Waals surface area contributed by atoms with Crippen molar-refractivity contribution in [2.45, 2.75) is 19.4 Å². The van der Waals surface area contributed by atoms with Gasteiger partial charge in [-0.1, -0.05) is 55.5 Å². The number of para-hydroxylation sites is 1. The van der Waals surface area contributed by atoms with Crippen LogP contribution in [0, 0.1) is 0 Å². The summed E-state index contributed by atoms with van der Waals surface area (Å²) in [5.74, 6) is 0.729. The van der Waals surface area contributed by atoms with Gasteiger partial charge in [0.05, 0.1) is 29.1 Å². The molecule has 2 amide bonds. The molecule has 0 saturated heterocycles. The standard InChI is InChI=1S/C22H21N5O/c1-2-17(21-24-14-19(25-21)15-8-4-3-5-9-15)26-22(28)27-18-12-6-10-16-11-7-13-23-20(16)18/h3-14,17H,2H2,1H3,(H,24,25)(H2,26,27,28)/t17-/m0/s1. The van der Waals surface area contributed by atoms with Gasteiger partial charge in [-0.05, 0) is 24.1 Å². The minimum atomic E-state index is -0.289. The van der Waals surface area contributed by atoms with Crippen LogP contribution < -0.4 is 10.6 Å². The maximum absolute atomic E-state index is 12.6. The molecule has 0 fully saturated rings. The highest BCUT2D eigenvalue weighted by molar-refractivity contribution is 5.99. The first-order valence-electron chi connectivity index (χ1n) is 9.26. The highest BCUT2D eigenvalue weighted by Gasteiger charge is 2.17. The topological polar surface area (TPSA) is 82.7 Å². The molecule has 2 heterocycles. The highest BCUT2D eigenvalue weighted by atomic mass is 16.2. The average molecular weight is 371 g/mol. The zero-order valence-electron chi connectivity index (χ0n) is 15.5. The van der Waals surface area contributed by atoms with Crippen molar-refractivity contribution in [2.75, 3.05) is 5.32 Å². The largest absolute Gasteiger partial charge is 0.340 e. The normalized spacial score (nSPS) is 11.9. The second-order valence-corrected chi connectivity index (χ2v) is 6.49. The third-order valence-corrected chi connectivity index (χ3v) is 4.60. The number of amides is 2. The number of hydrogen-bond donors (Lipinski definition) is 3. The van der Waals surface area contributed by atoms with Crippen molar-refractivity contribution in [1.82, 2.24) is 20.3 Å². The van der Waals surface area contributed by atoms with Crippen LogP contribution in [0.2, 0.25) is 0 Å². The number of carbonyl (C=O) groups excluding carboxylic acids is 1. The molecule has 6 nitrogen and oxygen atoms in total. The van der Waals surface area contributed by atoms with Crippen molar-refractivity contribution in [1.29, 1.82) is 0 Å². The molecule has 28 heavy (non-hydrogen) atoms. The zero-order chi connectivity index (χ0) is 19.3. The number of rotatable bonds is 5. The predicted molar refractivity (Wildman–Crippen MR) is 111 cm³/mol. The third-order valence-electron chi connectivity index (χ3n) is 4.60. The predicted octanol–water partition coefficient (Wildman–Crippen LogP) is 4.90. The van der Waals surface area contributed by atoms with E-state index in [-0.39, 0.29) is 12.1 Å². The number of fused-ring (bicyclic) bond motifs is 1. The number of nitrogens with zero attached hydrogens (tertiary/aromatic N) is 2. The van der Waals surface area contributed by atoms with Crippen LogP contribution in [0.4, 0.5) is 10.5 Å². The third kappa shape index (κ3) is 3.71. The van der Waals surface area contributed by atoms with E-state index in [0.29, 0.717) is 12.1 Å². The minimum absolute atomic E-state index is 0.222. The molecule has 0 aliphatic heterocycles. The molecule has 140 valence electrons. The van der Waals surface area contributed by atoms with Gasteiger partial charge in [0, 0.05) is 11.6 Å².